The van der Waals surface area contributed by atoms with E-state index in [1.807, 2.05) is 126 Å². The predicted molar refractivity (Wildman–Crippen MR) is 488 cm³/mol. The van der Waals surface area contributed by atoms with Gasteiger partial charge in [0.1, 0.15) is 16.8 Å². The fourth-order valence-corrected chi connectivity index (χ4v) is 15.7. The molecule has 1 aliphatic carbocycles. The molecule has 23 rings (SSSR count). The van der Waals surface area contributed by atoms with Crippen molar-refractivity contribution in [1.29, 1.82) is 0 Å². The maximum Gasteiger partial charge on any atom is 0.488 e. The van der Waals surface area contributed by atoms with Crippen molar-refractivity contribution in [3.8, 4) is 68.1 Å². The number of halogens is 3. The van der Waals surface area contributed by atoms with Gasteiger partial charge in [-0.2, -0.15) is 0 Å². The lowest BCUT2D eigenvalue weighted by molar-refractivity contribution is 0.426. The zero-order valence-corrected chi connectivity index (χ0v) is 63.9. The molecule has 117 heavy (non-hydrogen) atoms. The molecule has 0 atom stereocenters. The molecule has 0 saturated carbocycles. The number of hydrogen-bond donors (Lipinski definition) is 2. The molecule has 10 nitrogen and oxygen atoms in total. The van der Waals surface area contributed by atoms with E-state index >= 15 is 0 Å². The summed E-state index contributed by atoms with van der Waals surface area (Å²) < 4.78 is 126. The van der Waals surface area contributed by atoms with E-state index in [-0.39, 0.29) is 75.6 Å². The summed E-state index contributed by atoms with van der Waals surface area (Å²) in [5.74, 6) is 1.24. The summed E-state index contributed by atoms with van der Waals surface area (Å²) in [5.41, 5.74) is 13.3. The Hall–Kier alpha value is -14.0. The maximum absolute atomic E-state index is 8.64. The van der Waals surface area contributed by atoms with Crippen LogP contribution in [0.2, 0.25) is 15.2 Å². The Balaban J connectivity index is 0.000000115. The molecule has 0 bridgehead atoms. The van der Waals surface area contributed by atoms with Crippen LogP contribution >= 0.6 is 34.8 Å². The quantitative estimate of drug-likeness (QED) is 0.119. The van der Waals surface area contributed by atoms with Crippen molar-refractivity contribution >= 4 is 156 Å². The third-order valence-electron chi connectivity index (χ3n) is 20.5. The minimum Gasteiger partial charge on any atom is -0.423 e. The molecule has 5 aromatic heterocycles. The molecule has 22 aromatic rings. The summed E-state index contributed by atoms with van der Waals surface area (Å²) >= 11 is 18.7. The van der Waals surface area contributed by atoms with Crippen molar-refractivity contribution in [2.45, 2.75) is 6.42 Å². The van der Waals surface area contributed by atoms with Gasteiger partial charge in [-0.3, -0.25) is 9.13 Å². The van der Waals surface area contributed by atoms with Crippen LogP contribution in [0.15, 0.2) is 388 Å². The molecule has 1 aliphatic rings. The zero-order valence-electron chi connectivity index (χ0n) is 76.7. The maximum atomic E-state index is 8.64. The molecule has 556 valence electrons. The molecule has 0 saturated heterocycles. The smallest absolute Gasteiger partial charge is 0.423 e. The van der Waals surface area contributed by atoms with Crippen LogP contribution in [0.4, 0.5) is 0 Å². The highest BCUT2D eigenvalue weighted by Gasteiger charge is 2.24. The van der Waals surface area contributed by atoms with E-state index in [9.17, 15) is 0 Å². The first-order valence-corrected chi connectivity index (χ1v) is 38.5. The molecule has 5 heterocycles. The molecule has 0 aliphatic heterocycles. The van der Waals surface area contributed by atoms with Crippen molar-refractivity contribution in [3.05, 3.63) is 414 Å². The van der Waals surface area contributed by atoms with Crippen LogP contribution in [0, 0.1) is 0 Å². The Morgan fingerprint density at radius 3 is 1.17 bits per heavy atom. The highest BCUT2D eigenvalue weighted by molar-refractivity contribution is 6.58. The van der Waals surface area contributed by atoms with Crippen molar-refractivity contribution in [2.24, 2.45) is 0 Å². The van der Waals surface area contributed by atoms with Crippen LogP contribution < -0.4 is 5.46 Å². The highest BCUT2D eigenvalue weighted by Crippen LogP contribution is 2.43. The molecule has 0 fully saturated rings. The van der Waals surface area contributed by atoms with Gasteiger partial charge in [0.25, 0.3) is 0 Å². The van der Waals surface area contributed by atoms with Gasteiger partial charge in [-0.15, -0.1) is 0 Å². The molecule has 2 N–H and O–H groups in total. The fraction of sp³-hybridized carbons (Fsp3) is 0.00971. The molecule has 17 aromatic carbocycles. The second-order valence-electron chi connectivity index (χ2n) is 27.6. The van der Waals surface area contributed by atoms with Gasteiger partial charge in [-0.05, 0) is 175 Å². The van der Waals surface area contributed by atoms with Crippen LogP contribution in [0.25, 0.3) is 177 Å². The summed E-state index contributed by atoms with van der Waals surface area (Å²) in [7, 11) is -1.34. The topological polar surface area (TPSA) is 128 Å². The number of aromatic nitrogens is 8. The van der Waals surface area contributed by atoms with E-state index in [0.29, 0.717) is 44.1 Å². The Morgan fingerprint density at radius 1 is 0.282 bits per heavy atom. The number of rotatable bonds is 7. The first-order chi connectivity index (χ1) is 63.8. The Morgan fingerprint density at radius 2 is 0.667 bits per heavy atom. The average molecular weight is 1580 g/mol. The third-order valence-corrected chi connectivity index (χ3v) is 21.2. The molecule has 0 unspecified atom stereocenters. The lowest BCUT2D eigenvalue weighted by atomic mass is 9.81. The zero-order chi connectivity index (χ0) is 91.9. The van der Waals surface area contributed by atoms with Crippen LogP contribution in [0.5, 0.6) is 0 Å². The summed E-state index contributed by atoms with van der Waals surface area (Å²) in [4.78, 5) is 27.7. The number of para-hydroxylation sites is 3. The van der Waals surface area contributed by atoms with Gasteiger partial charge in [-0.25, -0.2) is 29.9 Å². The highest BCUT2D eigenvalue weighted by atomic mass is 35.5. The standard InChI is InChI=1S/C36H23N3.C30H18ClN3.C17H11Cl.C14H9ClN2.C6H7BO2/c1-3-11-24(12-4-1)28-19-20-29-31-21-26-15-7-8-16-27(26)22-34(31)39(33(29)23-28)36-30-17-9-10-18-32(30)37-35(38-36)25-13-5-2-6-14-25;31-22-14-15-23-25-16-20-10-4-5-11-21(20)17-27(25)34(28(23)18-22)30-24-12-6-7-13-26(24)32-29(33-30)19-8-2-1-3-9-19;18-15-5-6-16-14(9-15)8-13-7-11-3-1-2-4-12(11)10-17(13)16;15-13-11-8-4-5-9-12(11)16-14(17-13)10-6-2-1-3-7-10;8-7(9)6-4-2-1-3-5-6/h1-23H;1-18H;1-7,9-10H,8H2;1-9H;1-5,8-9H/i2D,5D,6D,13D,14D;1D,2D,3D,8D,9D;;1D,2D,3D,6D,7D;. The van der Waals surface area contributed by atoms with Crippen LogP contribution in [0.3, 0.4) is 0 Å². The van der Waals surface area contributed by atoms with Crippen molar-refractivity contribution in [2.75, 3.05) is 0 Å². The van der Waals surface area contributed by atoms with E-state index in [1.165, 1.54) is 33.0 Å². The van der Waals surface area contributed by atoms with Crippen molar-refractivity contribution in [3.63, 3.8) is 0 Å². The Kier molecular flexibility index (Phi) is 15.9. The minimum absolute atomic E-state index is 0.0145. The Bertz CT molecular complexity index is 8430. The third kappa shape index (κ3) is 14.7. The van der Waals surface area contributed by atoms with Gasteiger partial charge in [-0.1, -0.05) is 326 Å². The number of benzene rings is 17. The van der Waals surface area contributed by atoms with Gasteiger partial charge < -0.3 is 10.0 Å². The number of hydrogen-bond acceptors (Lipinski definition) is 8. The first kappa shape index (κ1) is 57.9. The van der Waals surface area contributed by atoms with Crippen molar-refractivity contribution < 1.29 is 30.6 Å². The molecule has 0 spiro atoms. The largest absolute Gasteiger partial charge is 0.488 e. The van der Waals surface area contributed by atoms with Crippen LogP contribution in [-0.4, -0.2) is 56.2 Å². The summed E-state index contributed by atoms with van der Waals surface area (Å²) in [6.45, 7) is 0. The van der Waals surface area contributed by atoms with Gasteiger partial charge in [0.15, 0.2) is 17.5 Å². The lowest BCUT2D eigenvalue weighted by Gasteiger charge is -2.13. The molecular weight excluding hydrogens is 1500 g/mol. The molecule has 0 radical (unpaired) electrons. The number of nitrogens with zero attached hydrogens (tertiary/aromatic N) is 8. The number of fused-ring (bicyclic) bond motifs is 15. The van der Waals surface area contributed by atoms with Gasteiger partial charge in [0.2, 0.25) is 0 Å². The minimum atomic E-state index is -1.34. The van der Waals surface area contributed by atoms with Gasteiger partial charge >= 0.3 is 7.12 Å². The SMILES string of the molecule is Clc1ccc2c(c1)Cc1cc3ccccc3cc1-2.OB(O)c1ccccc1.[2H]c1c([2H])c([2H])c(-c2nc(-n3c4cc(-c5ccccc5)ccc4c4cc5ccccc5cc43)c3ccccc3n2)c([2H])c1[2H].[2H]c1c([2H])c([2H])c(-c2nc(-n3c4cc(Cl)ccc4c4cc5ccccc5cc43)c3ccccc3n2)c([2H])c1[2H].[2H]c1c([2H])c([2H])c(-c2nc(Cl)c3ccccc3n2)c([2H])c1[2H]. The van der Waals surface area contributed by atoms with Crippen molar-refractivity contribution in [1.82, 2.24) is 39.0 Å². The fourth-order valence-electron chi connectivity index (χ4n) is 15.1. The summed E-state index contributed by atoms with van der Waals surface area (Å²) in [6, 6.07) is 91.5. The lowest BCUT2D eigenvalue weighted by Crippen LogP contribution is -2.29. The second kappa shape index (κ2) is 32.1. The summed E-state index contributed by atoms with van der Waals surface area (Å²) in [6.07, 6.45) is 0.996. The molecule has 0 amide bonds. The van der Waals surface area contributed by atoms with Crippen LogP contribution in [-0.2, 0) is 6.42 Å². The van der Waals surface area contributed by atoms with E-state index in [1.54, 1.807) is 48.5 Å². The Labute approximate surface area is 710 Å². The van der Waals surface area contributed by atoms with E-state index in [2.05, 4.69) is 147 Å². The molecular formula is C103H68BCl3N8O2. The first-order valence-electron chi connectivity index (χ1n) is 44.8. The summed E-state index contributed by atoms with van der Waals surface area (Å²) in [5, 5.41) is 32.0. The molecule has 14 heteroatoms. The predicted octanol–water partition coefficient (Wildman–Crippen LogP) is 25.8. The van der Waals surface area contributed by atoms with E-state index in [0.717, 1.165) is 98.5 Å². The van der Waals surface area contributed by atoms with E-state index in [4.69, 9.17) is 80.4 Å². The average Bonchev–Trinajstić information content (AvgIpc) is 1.38. The van der Waals surface area contributed by atoms with E-state index < -0.39 is 61.5 Å². The van der Waals surface area contributed by atoms with Gasteiger partial charge in [0, 0.05) is 64.4 Å². The monoisotopic (exact) mass is 1580 g/mol. The normalized spacial score (nSPS) is 13.2. The van der Waals surface area contributed by atoms with Crippen LogP contribution in [0.1, 0.15) is 31.7 Å². The van der Waals surface area contributed by atoms with Gasteiger partial charge in [0.05, 0.1) is 59.2 Å². The second-order valence-corrected chi connectivity index (χ2v) is 28.8.